The Morgan fingerprint density at radius 3 is 2.43 bits per heavy atom. The molecular formula is C16H16BrClO3. The van der Waals surface area contributed by atoms with E-state index >= 15 is 0 Å². The molecule has 3 nitrogen and oxygen atoms in total. The molecule has 0 spiro atoms. The van der Waals surface area contributed by atoms with E-state index in [1.54, 1.807) is 25.1 Å². The van der Waals surface area contributed by atoms with Crippen molar-refractivity contribution in [3.63, 3.8) is 0 Å². The first-order valence-electron chi connectivity index (χ1n) is 6.55. The summed E-state index contributed by atoms with van der Waals surface area (Å²) in [7, 11) is 0. The van der Waals surface area contributed by atoms with E-state index < -0.39 is 6.10 Å². The predicted octanol–water partition coefficient (Wildman–Crippen LogP) is 4.61. The van der Waals surface area contributed by atoms with Crippen molar-refractivity contribution >= 4 is 27.5 Å². The van der Waals surface area contributed by atoms with Crippen LogP contribution in [0.3, 0.4) is 0 Å². The van der Waals surface area contributed by atoms with Crippen LogP contribution >= 0.6 is 27.5 Å². The molecule has 21 heavy (non-hydrogen) atoms. The lowest BCUT2D eigenvalue weighted by atomic mass is 10.1. The van der Waals surface area contributed by atoms with Crippen molar-refractivity contribution in [2.75, 3.05) is 13.2 Å². The molecule has 0 heterocycles. The number of hydrogen-bond donors (Lipinski definition) is 1. The fraction of sp³-hybridized carbons (Fsp3) is 0.250. The Kier molecular flexibility index (Phi) is 5.91. The van der Waals surface area contributed by atoms with Crippen molar-refractivity contribution in [2.45, 2.75) is 13.0 Å². The molecule has 0 aliphatic carbocycles. The second-order valence-corrected chi connectivity index (χ2v) is 5.86. The van der Waals surface area contributed by atoms with Gasteiger partial charge in [-0.3, -0.25) is 0 Å². The summed E-state index contributed by atoms with van der Waals surface area (Å²) in [5, 5.41) is 10.3. The van der Waals surface area contributed by atoms with Crippen molar-refractivity contribution in [3.05, 3.63) is 57.5 Å². The third kappa shape index (κ3) is 4.92. The molecule has 0 radical (unpaired) electrons. The van der Waals surface area contributed by atoms with Crippen molar-refractivity contribution in [2.24, 2.45) is 0 Å². The lowest BCUT2D eigenvalue weighted by molar-refractivity contribution is 0.182. The number of halogens is 2. The van der Waals surface area contributed by atoms with E-state index in [4.69, 9.17) is 21.1 Å². The fourth-order valence-electron chi connectivity index (χ4n) is 1.82. The fourth-order valence-corrected chi connectivity index (χ4v) is 2.26. The van der Waals surface area contributed by atoms with E-state index in [0.29, 0.717) is 29.5 Å². The monoisotopic (exact) mass is 370 g/mol. The normalized spacial score (nSPS) is 12.0. The Hall–Kier alpha value is -1.23. The van der Waals surface area contributed by atoms with Gasteiger partial charge in [0.15, 0.2) is 0 Å². The molecule has 0 saturated heterocycles. The molecule has 1 atom stereocenters. The maximum atomic E-state index is 9.72. The summed E-state index contributed by atoms with van der Waals surface area (Å²) >= 11 is 9.29. The SMILES string of the molecule is CC(O)c1cc(Cl)ccc1OCCOc1ccc(Br)cc1. The third-order valence-corrected chi connectivity index (χ3v) is 3.61. The van der Waals surface area contributed by atoms with Crippen LogP contribution in [0.5, 0.6) is 11.5 Å². The lowest BCUT2D eigenvalue weighted by Crippen LogP contribution is -2.10. The van der Waals surface area contributed by atoms with Crippen LogP contribution in [-0.2, 0) is 0 Å². The van der Waals surface area contributed by atoms with Gasteiger partial charge in [-0.05, 0) is 49.4 Å². The van der Waals surface area contributed by atoms with E-state index in [0.717, 1.165) is 10.2 Å². The number of ether oxygens (including phenoxy) is 2. The number of benzene rings is 2. The molecule has 1 N–H and O–H groups in total. The average molecular weight is 372 g/mol. The molecule has 0 bridgehead atoms. The van der Waals surface area contributed by atoms with Crippen LogP contribution in [-0.4, -0.2) is 18.3 Å². The van der Waals surface area contributed by atoms with E-state index in [-0.39, 0.29) is 0 Å². The van der Waals surface area contributed by atoms with Gasteiger partial charge in [0.2, 0.25) is 0 Å². The van der Waals surface area contributed by atoms with Crippen LogP contribution in [0.4, 0.5) is 0 Å². The molecule has 5 heteroatoms. The topological polar surface area (TPSA) is 38.7 Å². The second kappa shape index (κ2) is 7.69. The van der Waals surface area contributed by atoms with E-state index in [9.17, 15) is 5.11 Å². The van der Waals surface area contributed by atoms with Crippen molar-refractivity contribution in [1.82, 2.24) is 0 Å². The zero-order valence-electron chi connectivity index (χ0n) is 11.6. The molecule has 0 aliphatic rings. The predicted molar refractivity (Wildman–Crippen MR) is 87.2 cm³/mol. The molecule has 0 fully saturated rings. The first kappa shape index (κ1) is 16.1. The number of aliphatic hydroxyl groups is 1. The first-order valence-corrected chi connectivity index (χ1v) is 7.72. The van der Waals surface area contributed by atoms with Gasteiger partial charge in [-0.1, -0.05) is 27.5 Å². The van der Waals surface area contributed by atoms with Gasteiger partial charge >= 0.3 is 0 Å². The first-order chi connectivity index (χ1) is 10.1. The summed E-state index contributed by atoms with van der Waals surface area (Å²) in [4.78, 5) is 0. The Labute approximate surface area is 137 Å². The van der Waals surface area contributed by atoms with Gasteiger partial charge in [0.1, 0.15) is 24.7 Å². The molecule has 0 aromatic heterocycles. The van der Waals surface area contributed by atoms with E-state index in [2.05, 4.69) is 15.9 Å². The highest BCUT2D eigenvalue weighted by atomic mass is 79.9. The highest BCUT2D eigenvalue weighted by Crippen LogP contribution is 2.28. The zero-order valence-corrected chi connectivity index (χ0v) is 13.9. The van der Waals surface area contributed by atoms with Gasteiger partial charge in [-0.2, -0.15) is 0 Å². The van der Waals surface area contributed by atoms with Crippen LogP contribution in [0.2, 0.25) is 5.02 Å². The van der Waals surface area contributed by atoms with Crippen LogP contribution in [0.1, 0.15) is 18.6 Å². The second-order valence-electron chi connectivity index (χ2n) is 4.51. The molecule has 0 amide bonds. The minimum atomic E-state index is -0.633. The summed E-state index contributed by atoms with van der Waals surface area (Å²) in [6.45, 7) is 2.48. The Morgan fingerprint density at radius 1 is 1.10 bits per heavy atom. The third-order valence-electron chi connectivity index (χ3n) is 2.85. The van der Waals surface area contributed by atoms with Gasteiger partial charge in [0.25, 0.3) is 0 Å². The number of rotatable bonds is 6. The van der Waals surface area contributed by atoms with E-state index in [1.165, 1.54) is 0 Å². The molecule has 2 rings (SSSR count). The molecule has 2 aromatic rings. The molecule has 0 saturated carbocycles. The summed E-state index contributed by atoms with van der Waals surface area (Å²) in [5.74, 6) is 1.41. The smallest absolute Gasteiger partial charge is 0.125 e. The highest BCUT2D eigenvalue weighted by Gasteiger charge is 2.10. The quantitative estimate of drug-likeness (QED) is 0.753. The minimum absolute atomic E-state index is 0.386. The summed E-state index contributed by atoms with van der Waals surface area (Å²) < 4.78 is 12.2. The largest absolute Gasteiger partial charge is 0.490 e. The zero-order chi connectivity index (χ0) is 15.2. The Morgan fingerprint density at radius 2 is 1.76 bits per heavy atom. The van der Waals surface area contributed by atoms with E-state index in [1.807, 2.05) is 24.3 Å². The molecule has 0 aliphatic heterocycles. The van der Waals surface area contributed by atoms with Gasteiger partial charge in [0.05, 0.1) is 6.10 Å². The Bertz CT molecular complexity index is 585. The summed E-state index contributed by atoms with van der Waals surface area (Å²) in [6, 6.07) is 12.8. The van der Waals surface area contributed by atoms with Crippen molar-refractivity contribution < 1.29 is 14.6 Å². The van der Waals surface area contributed by atoms with Crippen LogP contribution in [0, 0.1) is 0 Å². The van der Waals surface area contributed by atoms with Crippen molar-refractivity contribution in [1.29, 1.82) is 0 Å². The lowest BCUT2D eigenvalue weighted by Gasteiger charge is -2.14. The minimum Gasteiger partial charge on any atom is -0.490 e. The molecule has 1 unspecified atom stereocenters. The van der Waals surface area contributed by atoms with Crippen molar-refractivity contribution in [3.8, 4) is 11.5 Å². The van der Waals surface area contributed by atoms with Crippen LogP contribution < -0.4 is 9.47 Å². The van der Waals surface area contributed by atoms with Gasteiger partial charge in [-0.15, -0.1) is 0 Å². The maximum Gasteiger partial charge on any atom is 0.125 e. The standard InChI is InChI=1S/C16H16BrClO3/c1-11(19)15-10-13(18)4-7-16(15)21-9-8-20-14-5-2-12(17)3-6-14/h2-7,10-11,19H,8-9H2,1H3. The summed E-state index contributed by atoms with van der Waals surface area (Å²) in [6.07, 6.45) is -0.633. The Balaban J connectivity index is 1.87. The number of hydrogen-bond acceptors (Lipinski definition) is 3. The number of aliphatic hydroxyl groups excluding tert-OH is 1. The average Bonchev–Trinajstić information content (AvgIpc) is 2.46. The van der Waals surface area contributed by atoms with Gasteiger partial charge in [0, 0.05) is 15.1 Å². The maximum absolute atomic E-state index is 9.72. The van der Waals surface area contributed by atoms with Crippen LogP contribution in [0.25, 0.3) is 0 Å². The molecule has 2 aromatic carbocycles. The summed E-state index contributed by atoms with van der Waals surface area (Å²) in [5.41, 5.74) is 0.672. The van der Waals surface area contributed by atoms with Gasteiger partial charge < -0.3 is 14.6 Å². The van der Waals surface area contributed by atoms with Crippen LogP contribution in [0.15, 0.2) is 46.9 Å². The van der Waals surface area contributed by atoms with Gasteiger partial charge in [-0.25, -0.2) is 0 Å². The molecule has 112 valence electrons. The molecular weight excluding hydrogens is 356 g/mol. The highest BCUT2D eigenvalue weighted by molar-refractivity contribution is 9.10.